The van der Waals surface area contributed by atoms with Crippen molar-refractivity contribution in [1.29, 1.82) is 0 Å². The quantitative estimate of drug-likeness (QED) is 0.485. The Hall–Kier alpha value is -2.40. The number of hydrogen-bond donors (Lipinski definition) is 1. The summed E-state index contributed by atoms with van der Waals surface area (Å²) in [6, 6.07) is 4.51. The smallest absolute Gasteiger partial charge is 0.347 e. The van der Waals surface area contributed by atoms with Crippen molar-refractivity contribution in [3.63, 3.8) is 0 Å². The molecule has 3 aromatic rings. The van der Waals surface area contributed by atoms with Gasteiger partial charge in [-0.05, 0) is 36.6 Å². The van der Waals surface area contributed by atoms with E-state index in [1.807, 2.05) is 17.5 Å². The van der Waals surface area contributed by atoms with E-state index in [1.165, 1.54) is 22.7 Å². The normalized spacial score (nSPS) is 12.2. The maximum atomic E-state index is 12.9. The van der Waals surface area contributed by atoms with Gasteiger partial charge in [0.25, 0.3) is 5.91 Å². The first-order valence-corrected chi connectivity index (χ1v) is 9.72. The third kappa shape index (κ3) is 4.96. The van der Waals surface area contributed by atoms with Crippen molar-refractivity contribution in [2.24, 2.45) is 0 Å². The lowest BCUT2D eigenvalue weighted by atomic mass is 10.0. The van der Waals surface area contributed by atoms with Crippen molar-refractivity contribution in [3.8, 4) is 9.88 Å². The molecule has 0 saturated heterocycles. The minimum absolute atomic E-state index is 0.0164. The molecule has 2 aromatic heterocycles. The number of carbonyl (C=O) groups excluding carboxylic acids is 1. The minimum atomic E-state index is -5.01. The summed E-state index contributed by atoms with van der Waals surface area (Å²) in [5.74, 6) is -1.04. The number of nitrogens with one attached hydrogen (secondary N) is 1. The van der Waals surface area contributed by atoms with Gasteiger partial charge in [-0.2, -0.15) is 26.3 Å². The van der Waals surface area contributed by atoms with Gasteiger partial charge >= 0.3 is 12.4 Å². The molecule has 0 saturated carbocycles. The second-order valence-corrected chi connectivity index (χ2v) is 8.01. The number of thiophene rings is 1. The topological polar surface area (TPSA) is 42.0 Å². The molecule has 0 aliphatic rings. The van der Waals surface area contributed by atoms with Crippen LogP contribution in [0, 0.1) is 6.92 Å². The summed E-state index contributed by atoms with van der Waals surface area (Å²) in [4.78, 5) is 18.2. The Labute approximate surface area is 169 Å². The average molecular weight is 450 g/mol. The monoisotopic (exact) mass is 450 g/mol. The van der Waals surface area contributed by atoms with Gasteiger partial charge in [-0.3, -0.25) is 4.79 Å². The Kier molecular flexibility index (Phi) is 5.72. The number of hydrogen-bond acceptors (Lipinski definition) is 4. The molecule has 0 bridgehead atoms. The Morgan fingerprint density at radius 3 is 2.21 bits per heavy atom. The summed E-state index contributed by atoms with van der Waals surface area (Å²) in [7, 11) is 0. The van der Waals surface area contributed by atoms with E-state index in [0.29, 0.717) is 22.7 Å². The van der Waals surface area contributed by atoms with Crippen LogP contribution in [0.3, 0.4) is 0 Å². The van der Waals surface area contributed by atoms with Crippen LogP contribution in [0.1, 0.15) is 32.1 Å². The predicted octanol–water partition coefficient (Wildman–Crippen LogP) is 6.15. The van der Waals surface area contributed by atoms with Crippen LogP contribution in [0.5, 0.6) is 0 Å². The molecule has 3 rings (SSSR count). The van der Waals surface area contributed by atoms with E-state index in [-0.39, 0.29) is 12.6 Å². The van der Waals surface area contributed by atoms with Gasteiger partial charge in [0.15, 0.2) is 0 Å². The van der Waals surface area contributed by atoms with E-state index in [1.54, 1.807) is 6.92 Å². The van der Waals surface area contributed by atoms with Crippen molar-refractivity contribution in [2.75, 3.05) is 0 Å². The number of amides is 1. The van der Waals surface area contributed by atoms with E-state index < -0.39 is 35.0 Å². The number of halogens is 6. The predicted molar refractivity (Wildman–Crippen MR) is 97.8 cm³/mol. The highest BCUT2D eigenvalue weighted by Gasteiger charge is 2.37. The fourth-order valence-electron chi connectivity index (χ4n) is 2.45. The van der Waals surface area contributed by atoms with Crippen LogP contribution in [-0.4, -0.2) is 10.9 Å². The first-order valence-electron chi connectivity index (χ1n) is 8.03. The number of rotatable bonds is 4. The molecule has 154 valence electrons. The lowest BCUT2D eigenvalue weighted by Gasteiger charge is -2.14. The molecule has 0 fully saturated rings. The fourth-order valence-corrected chi connectivity index (χ4v) is 4.25. The van der Waals surface area contributed by atoms with Crippen molar-refractivity contribution in [2.45, 2.75) is 25.8 Å². The minimum Gasteiger partial charge on any atom is -0.347 e. The fraction of sp³-hybridized carbons (Fsp3) is 0.222. The van der Waals surface area contributed by atoms with Crippen LogP contribution < -0.4 is 5.32 Å². The van der Waals surface area contributed by atoms with E-state index in [0.717, 1.165) is 9.88 Å². The third-order valence-electron chi connectivity index (χ3n) is 3.88. The standard InChI is InChI=1S/C18H12F6N2OS2/c1-9-14(29-16(26-9)13-3-2-4-28-13)8-25-15(27)10-5-11(17(19,20)21)7-12(6-10)18(22,23)24/h2-7H,8H2,1H3,(H,25,27). The Bertz CT molecular complexity index is 990. The molecule has 2 heterocycles. The highest BCUT2D eigenvalue weighted by atomic mass is 32.1. The lowest BCUT2D eigenvalue weighted by Crippen LogP contribution is -2.24. The Morgan fingerprint density at radius 2 is 1.69 bits per heavy atom. The van der Waals surface area contributed by atoms with Gasteiger partial charge in [-0.1, -0.05) is 6.07 Å². The average Bonchev–Trinajstić information content (AvgIpc) is 3.27. The van der Waals surface area contributed by atoms with Crippen molar-refractivity contribution in [3.05, 3.63) is 63.0 Å². The Balaban J connectivity index is 1.82. The maximum Gasteiger partial charge on any atom is 0.416 e. The number of aromatic nitrogens is 1. The Morgan fingerprint density at radius 1 is 1.07 bits per heavy atom. The molecule has 1 N–H and O–H groups in total. The number of aryl methyl sites for hydroxylation is 1. The summed E-state index contributed by atoms with van der Waals surface area (Å²) in [5.41, 5.74) is -3.16. The van der Waals surface area contributed by atoms with Gasteiger partial charge < -0.3 is 5.32 Å². The molecular formula is C18H12F6N2OS2. The second kappa shape index (κ2) is 7.79. The van der Waals surface area contributed by atoms with Crippen molar-refractivity contribution < 1.29 is 31.1 Å². The zero-order chi connectivity index (χ0) is 21.4. The van der Waals surface area contributed by atoms with Crippen molar-refractivity contribution >= 4 is 28.6 Å². The molecule has 0 atom stereocenters. The molecule has 0 radical (unpaired) electrons. The van der Waals surface area contributed by atoms with Crippen LogP contribution in [0.25, 0.3) is 9.88 Å². The molecule has 0 aliphatic heterocycles. The van der Waals surface area contributed by atoms with Gasteiger partial charge in [-0.25, -0.2) is 4.98 Å². The van der Waals surface area contributed by atoms with Gasteiger partial charge in [0.2, 0.25) is 0 Å². The molecule has 1 aromatic carbocycles. The summed E-state index contributed by atoms with van der Waals surface area (Å²) in [6.07, 6.45) is -10.0. The zero-order valence-corrected chi connectivity index (χ0v) is 16.2. The van der Waals surface area contributed by atoms with E-state index >= 15 is 0 Å². The number of alkyl halides is 6. The summed E-state index contributed by atoms with van der Waals surface area (Å²) in [5, 5.41) is 4.97. The molecule has 29 heavy (non-hydrogen) atoms. The largest absolute Gasteiger partial charge is 0.416 e. The maximum absolute atomic E-state index is 12.9. The highest BCUT2D eigenvalue weighted by molar-refractivity contribution is 7.21. The first-order chi connectivity index (χ1) is 13.4. The number of carbonyl (C=O) groups is 1. The van der Waals surface area contributed by atoms with Crippen LogP contribution >= 0.6 is 22.7 Å². The molecular weight excluding hydrogens is 438 g/mol. The molecule has 0 unspecified atom stereocenters. The number of nitrogens with zero attached hydrogens (tertiary/aromatic N) is 1. The third-order valence-corrected chi connectivity index (χ3v) is 6.08. The number of benzene rings is 1. The van der Waals surface area contributed by atoms with Gasteiger partial charge in [-0.15, -0.1) is 22.7 Å². The van der Waals surface area contributed by atoms with E-state index in [4.69, 9.17) is 0 Å². The second-order valence-electron chi connectivity index (χ2n) is 5.98. The van der Waals surface area contributed by atoms with Gasteiger partial charge in [0, 0.05) is 10.4 Å². The van der Waals surface area contributed by atoms with Crippen molar-refractivity contribution in [1.82, 2.24) is 10.3 Å². The van der Waals surface area contributed by atoms with Crippen LogP contribution in [0.15, 0.2) is 35.7 Å². The molecule has 1 amide bonds. The van der Waals surface area contributed by atoms with E-state index in [9.17, 15) is 31.1 Å². The molecule has 0 spiro atoms. The summed E-state index contributed by atoms with van der Waals surface area (Å²) >= 11 is 2.77. The first kappa shape index (κ1) is 21.3. The van der Waals surface area contributed by atoms with Gasteiger partial charge in [0.05, 0.1) is 28.2 Å². The molecule has 3 nitrogen and oxygen atoms in total. The van der Waals surface area contributed by atoms with E-state index in [2.05, 4.69) is 10.3 Å². The van der Waals surface area contributed by atoms with Gasteiger partial charge in [0.1, 0.15) is 5.01 Å². The highest BCUT2D eigenvalue weighted by Crippen LogP contribution is 2.36. The summed E-state index contributed by atoms with van der Waals surface area (Å²) in [6.45, 7) is 1.65. The number of thiazole rings is 1. The lowest BCUT2D eigenvalue weighted by molar-refractivity contribution is -0.143. The van der Waals surface area contributed by atoms with Crippen LogP contribution in [0.4, 0.5) is 26.3 Å². The summed E-state index contributed by atoms with van der Waals surface area (Å²) < 4.78 is 77.6. The zero-order valence-electron chi connectivity index (χ0n) is 14.6. The van der Waals surface area contributed by atoms with Crippen LogP contribution in [-0.2, 0) is 18.9 Å². The SMILES string of the molecule is Cc1nc(-c2cccs2)sc1CNC(=O)c1cc(C(F)(F)F)cc(C(F)(F)F)c1. The molecule has 11 heteroatoms. The van der Waals surface area contributed by atoms with Crippen LogP contribution in [0.2, 0.25) is 0 Å². The molecule has 0 aliphatic carbocycles.